The summed E-state index contributed by atoms with van der Waals surface area (Å²) in [6.07, 6.45) is 2.59. The van der Waals surface area contributed by atoms with Crippen molar-refractivity contribution in [2.45, 2.75) is 43.7 Å². The normalized spacial score (nSPS) is 20.1. The Bertz CT molecular complexity index is 1330. The Morgan fingerprint density at radius 3 is 2.12 bits per heavy atom. The monoisotopic (exact) mass is 576 g/mol. The second kappa shape index (κ2) is 12.4. The molecule has 3 amide bonds. The highest BCUT2D eigenvalue weighted by molar-refractivity contribution is 7.88. The number of hydrogen-bond acceptors (Lipinski definition) is 5. The predicted molar refractivity (Wildman–Crippen MR) is 145 cm³/mol. The van der Waals surface area contributed by atoms with Crippen LogP contribution in [-0.2, 0) is 19.6 Å². The number of carbonyl (C=O) groups is 3. The van der Waals surface area contributed by atoms with Gasteiger partial charge in [0.15, 0.2) is 0 Å². The topological polar surface area (TPSA) is 107 Å². The Morgan fingerprint density at radius 2 is 1.55 bits per heavy atom. The van der Waals surface area contributed by atoms with Crippen molar-refractivity contribution < 1.29 is 31.6 Å². The van der Waals surface area contributed by atoms with Crippen LogP contribution in [0.3, 0.4) is 0 Å². The molecular formula is C28H34F2N4O5S. The Labute approximate surface area is 233 Å². The molecule has 216 valence electrons. The number of benzene rings is 2. The number of nitrogens with one attached hydrogen (secondary N) is 1. The molecule has 12 heteroatoms. The molecule has 2 aromatic rings. The van der Waals surface area contributed by atoms with E-state index in [0.717, 1.165) is 18.2 Å². The third-order valence-corrected chi connectivity index (χ3v) is 8.80. The molecule has 1 saturated heterocycles. The van der Waals surface area contributed by atoms with Gasteiger partial charge >= 0.3 is 0 Å². The molecule has 0 radical (unpaired) electrons. The van der Waals surface area contributed by atoms with Crippen molar-refractivity contribution in [3.05, 3.63) is 71.3 Å². The number of nitrogens with zero attached hydrogens (tertiary/aromatic N) is 3. The van der Waals surface area contributed by atoms with Gasteiger partial charge in [-0.05, 0) is 61.2 Å². The molecule has 3 atom stereocenters. The standard InChI is InChI=1S/C28H34F2N4O5S/c1-32(27(36)20-8-12-22(30)13-9-20)25(28(37)33-14-16-34(17-15-33)40(2,38)39)4-3-5-26(35)31-24-18-23(24)19-6-10-21(29)11-7-19/h6-13,23-25H,3-5,14-18H2,1-2H3,(H,31,35)/t23-,24+,25-/m0/s1. The molecule has 0 spiro atoms. The van der Waals surface area contributed by atoms with Crippen LogP contribution in [0, 0.1) is 11.6 Å². The van der Waals surface area contributed by atoms with Crippen LogP contribution in [-0.4, -0.2) is 91.8 Å². The first-order valence-corrected chi connectivity index (χ1v) is 15.1. The summed E-state index contributed by atoms with van der Waals surface area (Å²) in [4.78, 5) is 42.2. The SMILES string of the molecule is CN(C(=O)c1ccc(F)cc1)[C@@H](CCCC(=O)N[C@@H]1C[C@H]1c1ccc(F)cc1)C(=O)N1CCN(S(C)(=O)=O)CC1. The average molecular weight is 577 g/mol. The first kappa shape index (κ1) is 29.6. The molecular weight excluding hydrogens is 542 g/mol. The fourth-order valence-corrected chi connectivity index (χ4v) is 5.87. The summed E-state index contributed by atoms with van der Waals surface area (Å²) in [6.45, 7) is 0.694. The molecule has 9 nitrogen and oxygen atoms in total. The maximum Gasteiger partial charge on any atom is 0.254 e. The lowest BCUT2D eigenvalue weighted by atomic mass is 10.0. The molecule has 1 aliphatic heterocycles. The maximum absolute atomic E-state index is 13.6. The minimum absolute atomic E-state index is 0.0238. The number of carbonyl (C=O) groups excluding carboxylic acids is 3. The van der Waals surface area contributed by atoms with Gasteiger partial charge < -0.3 is 15.1 Å². The van der Waals surface area contributed by atoms with E-state index >= 15 is 0 Å². The number of likely N-dealkylation sites (N-methyl/N-ethyl adjacent to an activating group) is 1. The molecule has 2 aliphatic rings. The van der Waals surface area contributed by atoms with Gasteiger partial charge in [0.25, 0.3) is 5.91 Å². The number of halogens is 2. The number of hydrogen-bond donors (Lipinski definition) is 1. The Balaban J connectivity index is 1.36. The van der Waals surface area contributed by atoms with Crippen molar-refractivity contribution in [3.63, 3.8) is 0 Å². The fourth-order valence-electron chi connectivity index (χ4n) is 5.04. The van der Waals surface area contributed by atoms with E-state index in [1.54, 1.807) is 17.0 Å². The first-order chi connectivity index (χ1) is 18.9. The van der Waals surface area contributed by atoms with Gasteiger partial charge in [0, 0.05) is 57.2 Å². The van der Waals surface area contributed by atoms with E-state index < -0.39 is 27.8 Å². The lowest BCUT2D eigenvalue weighted by molar-refractivity contribution is -0.137. The Hall–Kier alpha value is -3.38. The van der Waals surface area contributed by atoms with Gasteiger partial charge in [-0.3, -0.25) is 14.4 Å². The first-order valence-electron chi connectivity index (χ1n) is 13.3. The summed E-state index contributed by atoms with van der Waals surface area (Å²) in [5.41, 5.74) is 1.19. The second-order valence-electron chi connectivity index (χ2n) is 10.4. The van der Waals surface area contributed by atoms with E-state index in [-0.39, 0.29) is 74.2 Å². The zero-order chi connectivity index (χ0) is 29.0. The van der Waals surface area contributed by atoms with Crippen molar-refractivity contribution in [1.29, 1.82) is 0 Å². The second-order valence-corrected chi connectivity index (χ2v) is 12.4. The number of sulfonamides is 1. The van der Waals surface area contributed by atoms with E-state index in [1.807, 2.05) is 0 Å². The average Bonchev–Trinajstić information content (AvgIpc) is 3.69. The van der Waals surface area contributed by atoms with Crippen molar-refractivity contribution in [2.75, 3.05) is 39.5 Å². The summed E-state index contributed by atoms with van der Waals surface area (Å²) in [5.74, 6) is -1.62. The molecule has 40 heavy (non-hydrogen) atoms. The van der Waals surface area contributed by atoms with Gasteiger partial charge in [-0.15, -0.1) is 0 Å². The molecule has 0 aromatic heterocycles. The third kappa shape index (κ3) is 7.42. The van der Waals surface area contributed by atoms with Crippen LogP contribution in [0.4, 0.5) is 8.78 Å². The smallest absolute Gasteiger partial charge is 0.254 e. The van der Waals surface area contributed by atoms with Crippen molar-refractivity contribution in [1.82, 2.24) is 19.4 Å². The van der Waals surface area contributed by atoms with Crippen LogP contribution in [0.5, 0.6) is 0 Å². The Kier molecular flexibility index (Phi) is 9.19. The summed E-state index contributed by atoms with van der Waals surface area (Å²) in [7, 11) is -1.88. The van der Waals surface area contributed by atoms with Gasteiger partial charge in [-0.25, -0.2) is 17.2 Å². The lowest BCUT2D eigenvalue weighted by Crippen LogP contribution is -2.56. The molecule has 1 heterocycles. The molecule has 4 rings (SSSR count). The summed E-state index contributed by atoms with van der Waals surface area (Å²) < 4.78 is 51.6. The van der Waals surface area contributed by atoms with Gasteiger partial charge in [-0.2, -0.15) is 4.31 Å². The van der Waals surface area contributed by atoms with E-state index in [4.69, 9.17) is 0 Å². The summed E-state index contributed by atoms with van der Waals surface area (Å²) in [5, 5.41) is 2.98. The summed E-state index contributed by atoms with van der Waals surface area (Å²) >= 11 is 0. The van der Waals surface area contributed by atoms with Crippen LogP contribution in [0.2, 0.25) is 0 Å². The van der Waals surface area contributed by atoms with Crippen LogP contribution >= 0.6 is 0 Å². The zero-order valence-electron chi connectivity index (χ0n) is 22.6. The molecule has 1 N–H and O–H groups in total. The van der Waals surface area contributed by atoms with Crippen LogP contribution in [0.25, 0.3) is 0 Å². The van der Waals surface area contributed by atoms with Crippen LogP contribution < -0.4 is 5.32 Å². The summed E-state index contributed by atoms with van der Waals surface area (Å²) in [6, 6.07) is 10.4. The van der Waals surface area contributed by atoms with Gasteiger partial charge in [0.1, 0.15) is 17.7 Å². The van der Waals surface area contributed by atoms with E-state index in [9.17, 15) is 31.6 Å². The third-order valence-electron chi connectivity index (χ3n) is 7.50. The fraction of sp³-hybridized carbons (Fsp3) is 0.464. The number of rotatable bonds is 10. The lowest BCUT2D eigenvalue weighted by Gasteiger charge is -2.37. The van der Waals surface area contributed by atoms with Crippen molar-refractivity contribution in [2.24, 2.45) is 0 Å². The van der Waals surface area contributed by atoms with E-state index in [2.05, 4.69) is 5.32 Å². The number of piperazine rings is 1. The Morgan fingerprint density at radius 1 is 0.975 bits per heavy atom. The largest absolute Gasteiger partial charge is 0.353 e. The predicted octanol–water partition coefficient (Wildman–Crippen LogP) is 2.35. The highest BCUT2D eigenvalue weighted by Crippen LogP contribution is 2.40. The molecule has 2 aromatic carbocycles. The minimum Gasteiger partial charge on any atom is -0.353 e. The molecule has 0 unspecified atom stereocenters. The molecule has 0 bridgehead atoms. The highest BCUT2D eigenvalue weighted by atomic mass is 32.2. The van der Waals surface area contributed by atoms with Crippen LogP contribution in [0.1, 0.15) is 47.5 Å². The minimum atomic E-state index is -3.38. The van der Waals surface area contributed by atoms with Gasteiger partial charge in [0.05, 0.1) is 6.26 Å². The molecule has 1 aliphatic carbocycles. The highest BCUT2D eigenvalue weighted by Gasteiger charge is 2.39. The molecule has 2 fully saturated rings. The van der Waals surface area contributed by atoms with Gasteiger partial charge in [0.2, 0.25) is 21.8 Å². The van der Waals surface area contributed by atoms with Crippen molar-refractivity contribution in [3.8, 4) is 0 Å². The maximum atomic E-state index is 13.6. The number of amides is 3. The van der Waals surface area contributed by atoms with Crippen LogP contribution in [0.15, 0.2) is 48.5 Å². The quantitative estimate of drug-likeness (QED) is 0.468. The molecule has 1 saturated carbocycles. The zero-order valence-corrected chi connectivity index (χ0v) is 23.4. The van der Waals surface area contributed by atoms with Gasteiger partial charge in [-0.1, -0.05) is 12.1 Å². The van der Waals surface area contributed by atoms with E-state index in [0.29, 0.717) is 6.42 Å². The van der Waals surface area contributed by atoms with Crippen molar-refractivity contribution >= 4 is 27.7 Å². The van der Waals surface area contributed by atoms with E-state index in [1.165, 1.54) is 52.7 Å².